The van der Waals surface area contributed by atoms with Crippen LogP contribution in [-0.2, 0) is 11.3 Å². The van der Waals surface area contributed by atoms with E-state index in [2.05, 4.69) is 10.3 Å². The molecule has 9 nitrogen and oxygen atoms in total. The standard InChI is InChI=1S/C24H21N3O6S/c1-14-13-34-24-25-16(11-21(28)27(14)24)12-33-23(30)17-6-4-5-7-18(17)26-22(29)15-8-9-19(31-2)20(10-15)32-3/h4-11,13H,12H2,1-3H3,(H,26,29). The van der Waals surface area contributed by atoms with Gasteiger partial charge in [-0.1, -0.05) is 12.1 Å². The van der Waals surface area contributed by atoms with E-state index in [1.807, 2.05) is 12.3 Å². The van der Waals surface area contributed by atoms with Crippen molar-refractivity contribution in [3.05, 3.63) is 86.8 Å². The number of amides is 1. The first-order valence-electron chi connectivity index (χ1n) is 10.2. The Morgan fingerprint density at radius 3 is 2.59 bits per heavy atom. The van der Waals surface area contributed by atoms with E-state index >= 15 is 0 Å². The van der Waals surface area contributed by atoms with Crippen LogP contribution >= 0.6 is 11.3 Å². The number of rotatable bonds is 7. The molecule has 2 heterocycles. The molecule has 0 radical (unpaired) electrons. The number of hydrogen-bond acceptors (Lipinski definition) is 8. The average Bonchev–Trinajstić information content (AvgIpc) is 3.23. The molecule has 0 aliphatic carbocycles. The monoisotopic (exact) mass is 479 g/mol. The van der Waals surface area contributed by atoms with E-state index < -0.39 is 11.9 Å². The molecule has 0 aliphatic heterocycles. The number of thiazole rings is 1. The van der Waals surface area contributed by atoms with Crippen molar-refractivity contribution in [2.24, 2.45) is 0 Å². The van der Waals surface area contributed by atoms with E-state index in [-0.39, 0.29) is 23.4 Å². The minimum absolute atomic E-state index is 0.168. The minimum Gasteiger partial charge on any atom is -0.493 e. The number of hydrogen-bond donors (Lipinski definition) is 1. The SMILES string of the molecule is COc1ccc(C(=O)Nc2ccccc2C(=O)OCc2cc(=O)n3c(C)csc3n2)cc1OC. The minimum atomic E-state index is -0.660. The number of esters is 1. The number of carbonyl (C=O) groups excluding carboxylic acids is 2. The number of aromatic nitrogens is 2. The van der Waals surface area contributed by atoms with Crippen LogP contribution in [0.5, 0.6) is 11.5 Å². The van der Waals surface area contributed by atoms with Crippen molar-refractivity contribution in [1.29, 1.82) is 0 Å². The van der Waals surface area contributed by atoms with Crippen LogP contribution in [0.25, 0.3) is 4.96 Å². The van der Waals surface area contributed by atoms with Gasteiger partial charge in [0.05, 0.1) is 31.2 Å². The first kappa shape index (κ1) is 23.0. The number of carbonyl (C=O) groups is 2. The zero-order valence-corrected chi connectivity index (χ0v) is 19.5. The molecule has 0 fully saturated rings. The summed E-state index contributed by atoms with van der Waals surface area (Å²) in [5.74, 6) is -0.196. The van der Waals surface area contributed by atoms with Crippen molar-refractivity contribution in [3.63, 3.8) is 0 Å². The Hall–Kier alpha value is -4.18. The Morgan fingerprint density at radius 2 is 1.82 bits per heavy atom. The van der Waals surface area contributed by atoms with E-state index in [9.17, 15) is 14.4 Å². The van der Waals surface area contributed by atoms with Crippen LogP contribution in [0, 0.1) is 6.92 Å². The maximum atomic E-state index is 12.8. The van der Waals surface area contributed by atoms with Crippen molar-refractivity contribution < 1.29 is 23.8 Å². The summed E-state index contributed by atoms with van der Waals surface area (Å²) in [5, 5.41) is 4.56. The molecule has 0 unspecified atom stereocenters. The highest BCUT2D eigenvalue weighted by molar-refractivity contribution is 7.15. The Kier molecular flexibility index (Phi) is 6.60. The number of nitrogens with one attached hydrogen (secondary N) is 1. The molecular weight excluding hydrogens is 458 g/mol. The zero-order chi connectivity index (χ0) is 24.2. The summed E-state index contributed by atoms with van der Waals surface area (Å²) < 4.78 is 17.3. The number of fused-ring (bicyclic) bond motifs is 1. The molecule has 4 rings (SSSR count). The summed E-state index contributed by atoms with van der Waals surface area (Å²) in [7, 11) is 2.98. The maximum absolute atomic E-state index is 12.8. The number of nitrogens with zero attached hydrogens (tertiary/aromatic N) is 2. The second-order valence-corrected chi connectivity index (χ2v) is 8.06. The highest BCUT2D eigenvalue weighted by atomic mass is 32.1. The smallest absolute Gasteiger partial charge is 0.340 e. The van der Waals surface area contributed by atoms with Gasteiger partial charge in [-0.2, -0.15) is 0 Å². The van der Waals surface area contributed by atoms with Crippen LogP contribution in [0.1, 0.15) is 32.1 Å². The van der Waals surface area contributed by atoms with Crippen LogP contribution in [0.2, 0.25) is 0 Å². The molecule has 1 N–H and O–H groups in total. The predicted octanol–water partition coefficient (Wildman–Crippen LogP) is 3.69. The Labute approximate surface area is 198 Å². The molecule has 0 atom stereocenters. The second-order valence-electron chi connectivity index (χ2n) is 7.23. The lowest BCUT2D eigenvalue weighted by molar-refractivity contribution is 0.0469. The quantitative estimate of drug-likeness (QED) is 0.403. The first-order valence-corrected chi connectivity index (χ1v) is 11.1. The van der Waals surface area contributed by atoms with E-state index in [1.165, 1.54) is 36.0 Å². The fourth-order valence-corrected chi connectivity index (χ4v) is 4.22. The van der Waals surface area contributed by atoms with Crippen molar-refractivity contribution in [1.82, 2.24) is 9.38 Å². The molecule has 0 spiro atoms. The summed E-state index contributed by atoms with van der Waals surface area (Å²) >= 11 is 1.33. The Balaban J connectivity index is 1.50. The van der Waals surface area contributed by atoms with Gasteiger partial charge in [-0.05, 0) is 37.3 Å². The second kappa shape index (κ2) is 9.75. The van der Waals surface area contributed by atoms with Crippen molar-refractivity contribution in [2.75, 3.05) is 19.5 Å². The number of benzene rings is 2. The van der Waals surface area contributed by atoms with E-state index in [0.717, 1.165) is 5.69 Å². The van der Waals surface area contributed by atoms with Gasteiger partial charge in [0.25, 0.3) is 11.5 Å². The molecule has 4 aromatic rings. The van der Waals surface area contributed by atoms with Crippen LogP contribution in [0.15, 0.2) is 58.7 Å². The van der Waals surface area contributed by atoms with Gasteiger partial charge in [0.15, 0.2) is 16.5 Å². The first-order chi connectivity index (χ1) is 16.4. The van der Waals surface area contributed by atoms with E-state index in [4.69, 9.17) is 14.2 Å². The largest absolute Gasteiger partial charge is 0.493 e. The van der Waals surface area contributed by atoms with Gasteiger partial charge in [-0.25, -0.2) is 9.78 Å². The molecule has 2 aromatic heterocycles. The van der Waals surface area contributed by atoms with Gasteiger partial charge in [0.1, 0.15) is 6.61 Å². The molecule has 1 amide bonds. The Morgan fingerprint density at radius 1 is 1.06 bits per heavy atom. The predicted molar refractivity (Wildman–Crippen MR) is 127 cm³/mol. The number of ether oxygens (including phenoxy) is 3. The molecule has 0 bridgehead atoms. The molecule has 0 aliphatic rings. The summed E-state index contributed by atoms with van der Waals surface area (Å²) in [6.45, 7) is 1.64. The molecular formula is C24H21N3O6S. The van der Waals surface area contributed by atoms with Crippen molar-refractivity contribution in [2.45, 2.75) is 13.5 Å². The van der Waals surface area contributed by atoms with Crippen LogP contribution in [0.4, 0.5) is 5.69 Å². The summed E-state index contributed by atoms with van der Waals surface area (Å²) in [6, 6.07) is 12.6. The molecule has 174 valence electrons. The van der Waals surface area contributed by atoms with Crippen LogP contribution in [0.3, 0.4) is 0 Å². The van der Waals surface area contributed by atoms with E-state index in [0.29, 0.717) is 27.7 Å². The van der Waals surface area contributed by atoms with Crippen LogP contribution in [-0.4, -0.2) is 35.5 Å². The summed E-state index contributed by atoms with van der Waals surface area (Å²) in [5.41, 5.74) is 1.67. The molecule has 10 heteroatoms. The van der Waals surface area contributed by atoms with Gasteiger partial charge in [0.2, 0.25) is 0 Å². The number of aryl methyl sites for hydroxylation is 1. The van der Waals surface area contributed by atoms with Gasteiger partial charge in [-0.3, -0.25) is 14.0 Å². The lowest BCUT2D eigenvalue weighted by atomic mass is 10.1. The normalized spacial score (nSPS) is 10.7. The molecule has 34 heavy (non-hydrogen) atoms. The third kappa shape index (κ3) is 4.62. The fraction of sp³-hybridized carbons (Fsp3) is 0.167. The third-order valence-corrected chi connectivity index (χ3v) is 5.96. The van der Waals surface area contributed by atoms with E-state index in [1.54, 1.807) is 42.5 Å². The molecule has 0 saturated heterocycles. The van der Waals surface area contributed by atoms with Gasteiger partial charge in [-0.15, -0.1) is 11.3 Å². The molecule has 2 aromatic carbocycles. The average molecular weight is 480 g/mol. The third-order valence-electron chi connectivity index (χ3n) is 5.02. The lowest BCUT2D eigenvalue weighted by Gasteiger charge is -2.12. The Bertz CT molecular complexity index is 1440. The number of para-hydroxylation sites is 1. The summed E-state index contributed by atoms with van der Waals surface area (Å²) in [6.07, 6.45) is 0. The van der Waals surface area contributed by atoms with Crippen molar-refractivity contribution >= 4 is 33.9 Å². The van der Waals surface area contributed by atoms with Gasteiger partial charge in [0, 0.05) is 22.7 Å². The number of anilines is 1. The van der Waals surface area contributed by atoms with Crippen LogP contribution < -0.4 is 20.3 Å². The summed E-state index contributed by atoms with van der Waals surface area (Å²) in [4.78, 5) is 42.8. The highest BCUT2D eigenvalue weighted by Crippen LogP contribution is 2.28. The zero-order valence-electron chi connectivity index (χ0n) is 18.7. The lowest BCUT2D eigenvalue weighted by Crippen LogP contribution is -2.18. The highest BCUT2D eigenvalue weighted by Gasteiger charge is 2.17. The topological polar surface area (TPSA) is 108 Å². The fourth-order valence-electron chi connectivity index (χ4n) is 3.33. The maximum Gasteiger partial charge on any atom is 0.340 e. The van der Waals surface area contributed by atoms with Gasteiger partial charge >= 0.3 is 5.97 Å². The van der Waals surface area contributed by atoms with Gasteiger partial charge < -0.3 is 19.5 Å². The number of methoxy groups -OCH3 is 2. The van der Waals surface area contributed by atoms with Crippen molar-refractivity contribution in [3.8, 4) is 11.5 Å². The molecule has 0 saturated carbocycles.